The molecule has 1 aromatic heterocycles. The number of hydrogen-bond acceptors (Lipinski definition) is 3. The Bertz CT molecular complexity index is 621. The maximum absolute atomic E-state index is 13.5. The maximum Gasteiger partial charge on any atom is 0.240 e. The fraction of sp³-hybridized carbons (Fsp3) is 0.800. The summed E-state index contributed by atoms with van der Waals surface area (Å²) < 4.78 is 1.96. The second kappa shape index (κ2) is 7.48. The second-order valence-electron chi connectivity index (χ2n) is 8.30. The first-order valence-corrected chi connectivity index (χ1v) is 9.94. The van der Waals surface area contributed by atoms with Crippen LogP contribution in [0.3, 0.4) is 0 Å². The summed E-state index contributed by atoms with van der Waals surface area (Å²) in [4.78, 5) is 18.1. The van der Waals surface area contributed by atoms with E-state index in [2.05, 4.69) is 42.6 Å². The van der Waals surface area contributed by atoms with Gasteiger partial charge in [0.25, 0.3) is 0 Å². The van der Waals surface area contributed by atoms with Crippen LogP contribution in [0, 0.1) is 19.8 Å². The molecule has 2 fully saturated rings. The Labute approximate surface area is 152 Å². The molecule has 0 bridgehead atoms. The molecule has 140 valence electrons. The van der Waals surface area contributed by atoms with Gasteiger partial charge in [-0.3, -0.25) is 14.4 Å². The Morgan fingerprint density at radius 1 is 1.16 bits per heavy atom. The molecular weight excluding hydrogens is 312 g/mol. The highest BCUT2D eigenvalue weighted by Gasteiger charge is 2.39. The highest BCUT2D eigenvalue weighted by Crippen LogP contribution is 2.37. The first-order chi connectivity index (χ1) is 11.9. The van der Waals surface area contributed by atoms with Gasteiger partial charge in [0.1, 0.15) is 0 Å². The van der Waals surface area contributed by atoms with E-state index in [0.29, 0.717) is 11.8 Å². The van der Waals surface area contributed by atoms with Crippen molar-refractivity contribution in [1.82, 2.24) is 19.6 Å². The average molecular weight is 347 g/mol. The van der Waals surface area contributed by atoms with Crippen LogP contribution in [0.25, 0.3) is 0 Å². The van der Waals surface area contributed by atoms with Gasteiger partial charge in [0.05, 0.1) is 17.8 Å². The Balaban J connectivity index is 1.82. The minimum absolute atomic E-state index is 0.0778. The topological polar surface area (TPSA) is 41.4 Å². The molecule has 0 aliphatic carbocycles. The average Bonchev–Trinajstić information content (AvgIpc) is 3.12. The van der Waals surface area contributed by atoms with Gasteiger partial charge in [-0.25, -0.2) is 0 Å². The molecule has 3 rings (SSSR count). The molecule has 2 saturated heterocycles. The van der Waals surface area contributed by atoms with E-state index in [0.717, 1.165) is 44.6 Å². The summed E-state index contributed by atoms with van der Waals surface area (Å²) in [6.07, 6.45) is 5.58. The Morgan fingerprint density at radius 2 is 1.92 bits per heavy atom. The lowest BCUT2D eigenvalue weighted by atomic mass is 9.97. The summed E-state index contributed by atoms with van der Waals surface area (Å²) in [6.45, 7) is 11.7. The van der Waals surface area contributed by atoms with E-state index < -0.39 is 0 Å². The Kier molecular flexibility index (Phi) is 5.52. The minimum Gasteiger partial charge on any atom is -0.334 e. The van der Waals surface area contributed by atoms with Gasteiger partial charge in [-0.2, -0.15) is 5.10 Å². The Hall–Kier alpha value is -1.36. The zero-order valence-electron chi connectivity index (χ0n) is 16.6. The first kappa shape index (κ1) is 18.4. The van der Waals surface area contributed by atoms with Crippen LogP contribution < -0.4 is 0 Å². The molecule has 3 heterocycles. The minimum atomic E-state index is 0.0778. The van der Waals surface area contributed by atoms with Gasteiger partial charge < -0.3 is 4.90 Å². The van der Waals surface area contributed by atoms with Gasteiger partial charge in [-0.05, 0) is 52.0 Å². The molecule has 2 atom stereocenters. The molecule has 1 aromatic rings. The summed E-state index contributed by atoms with van der Waals surface area (Å²) in [5.41, 5.74) is 3.55. The Morgan fingerprint density at radius 3 is 2.56 bits per heavy atom. The zero-order valence-corrected chi connectivity index (χ0v) is 16.6. The third-order valence-corrected chi connectivity index (χ3v) is 5.93. The summed E-state index contributed by atoms with van der Waals surface area (Å²) in [5.74, 6) is 0.955. The number of piperidine rings is 1. The number of nitrogens with zero attached hydrogens (tertiary/aromatic N) is 4. The summed E-state index contributed by atoms with van der Waals surface area (Å²) in [6, 6.07) is 0.290. The van der Waals surface area contributed by atoms with E-state index in [-0.39, 0.29) is 12.1 Å². The van der Waals surface area contributed by atoms with Crippen LogP contribution in [0.15, 0.2) is 0 Å². The molecule has 5 heteroatoms. The largest absolute Gasteiger partial charge is 0.334 e. The standard InChI is InChI=1S/C20H34N4O/c1-14(2)13-23-11-7-6-9-18(23)20(25)24-12-8-10-17(24)19-15(3)21-22(5)16(19)4/h14,17-18H,6-13H2,1-5H3. The SMILES string of the molecule is Cc1nn(C)c(C)c1C1CCCN1C(=O)C1CCCCN1CC(C)C. The maximum atomic E-state index is 13.5. The van der Waals surface area contributed by atoms with E-state index >= 15 is 0 Å². The van der Waals surface area contributed by atoms with Crippen LogP contribution in [0.5, 0.6) is 0 Å². The van der Waals surface area contributed by atoms with E-state index in [1.165, 1.54) is 24.1 Å². The van der Waals surface area contributed by atoms with Gasteiger partial charge in [0.15, 0.2) is 0 Å². The van der Waals surface area contributed by atoms with Crippen LogP contribution in [0.2, 0.25) is 0 Å². The van der Waals surface area contributed by atoms with Crippen LogP contribution in [0.1, 0.15) is 68.9 Å². The summed E-state index contributed by atoms with van der Waals surface area (Å²) in [7, 11) is 2.00. The number of rotatable bonds is 4. The first-order valence-electron chi connectivity index (χ1n) is 9.94. The highest BCUT2D eigenvalue weighted by atomic mass is 16.2. The van der Waals surface area contributed by atoms with Crippen molar-refractivity contribution in [2.75, 3.05) is 19.6 Å². The van der Waals surface area contributed by atoms with Crippen molar-refractivity contribution < 1.29 is 4.79 Å². The number of likely N-dealkylation sites (tertiary alicyclic amines) is 2. The molecule has 0 N–H and O–H groups in total. The van der Waals surface area contributed by atoms with Crippen molar-refractivity contribution >= 4 is 5.91 Å². The molecule has 2 unspecified atom stereocenters. The van der Waals surface area contributed by atoms with Crippen molar-refractivity contribution in [3.05, 3.63) is 17.0 Å². The van der Waals surface area contributed by atoms with Crippen LogP contribution in [-0.2, 0) is 11.8 Å². The number of amides is 1. The molecular formula is C20H34N4O. The lowest BCUT2D eigenvalue weighted by Crippen LogP contribution is -2.51. The van der Waals surface area contributed by atoms with Crippen molar-refractivity contribution in [3.8, 4) is 0 Å². The van der Waals surface area contributed by atoms with Gasteiger partial charge in [0, 0.05) is 31.4 Å². The number of carbonyl (C=O) groups is 1. The third-order valence-electron chi connectivity index (χ3n) is 5.93. The fourth-order valence-electron chi connectivity index (χ4n) is 4.75. The molecule has 2 aliphatic heterocycles. The van der Waals surface area contributed by atoms with Gasteiger partial charge in [-0.15, -0.1) is 0 Å². The molecule has 2 aliphatic rings. The van der Waals surface area contributed by atoms with Crippen molar-refractivity contribution in [1.29, 1.82) is 0 Å². The van der Waals surface area contributed by atoms with Gasteiger partial charge in [0.2, 0.25) is 5.91 Å². The van der Waals surface area contributed by atoms with Crippen molar-refractivity contribution in [2.45, 2.75) is 71.9 Å². The van der Waals surface area contributed by atoms with Gasteiger partial charge in [-0.1, -0.05) is 20.3 Å². The number of hydrogen-bond donors (Lipinski definition) is 0. The van der Waals surface area contributed by atoms with Crippen molar-refractivity contribution in [2.24, 2.45) is 13.0 Å². The smallest absolute Gasteiger partial charge is 0.240 e. The molecule has 25 heavy (non-hydrogen) atoms. The quantitative estimate of drug-likeness (QED) is 0.841. The highest BCUT2D eigenvalue weighted by molar-refractivity contribution is 5.82. The number of aromatic nitrogens is 2. The van der Waals surface area contributed by atoms with Crippen LogP contribution in [-0.4, -0.2) is 51.2 Å². The summed E-state index contributed by atoms with van der Waals surface area (Å²) in [5, 5.41) is 4.58. The van der Waals surface area contributed by atoms with Crippen LogP contribution in [0.4, 0.5) is 0 Å². The monoisotopic (exact) mass is 346 g/mol. The lowest BCUT2D eigenvalue weighted by Gasteiger charge is -2.39. The zero-order chi connectivity index (χ0) is 18.1. The van der Waals surface area contributed by atoms with E-state index in [9.17, 15) is 4.79 Å². The van der Waals surface area contributed by atoms with E-state index in [1.54, 1.807) is 0 Å². The lowest BCUT2D eigenvalue weighted by molar-refractivity contribution is -0.139. The van der Waals surface area contributed by atoms with Crippen molar-refractivity contribution in [3.63, 3.8) is 0 Å². The van der Waals surface area contributed by atoms with Crippen LogP contribution >= 0.6 is 0 Å². The molecule has 0 aromatic carbocycles. The molecule has 5 nitrogen and oxygen atoms in total. The normalized spacial score (nSPS) is 25.1. The van der Waals surface area contributed by atoms with Gasteiger partial charge >= 0.3 is 0 Å². The number of carbonyl (C=O) groups excluding carboxylic acids is 1. The number of aryl methyl sites for hydroxylation is 2. The predicted molar refractivity (Wildman–Crippen MR) is 100 cm³/mol. The second-order valence-corrected chi connectivity index (χ2v) is 8.30. The molecule has 1 amide bonds. The fourth-order valence-corrected chi connectivity index (χ4v) is 4.75. The van der Waals surface area contributed by atoms with E-state index in [4.69, 9.17) is 0 Å². The molecule has 0 radical (unpaired) electrons. The molecule has 0 spiro atoms. The molecule has 0 saturated carbocycles. The summed E-state index contributed by atoms with van der Waals surface area (Å²) >= 11 is 0. The predicted octanol–water partition coefficient (Wildman–Crippen LogP) is 3.21. The van der Waals surface area contributed by atoms with E-state index in [1.807, 2.05) is 11.7 Å². The third kappa shape index (κ3) is 3.62.